The molecular weight excluding hydrogens is 287 g/mol. The van der Waals surface area contributed by atoms with E-state index in [0.29, 0.717) is 30.0 Å². The second-order valence-corrected chi connectivity index (χ2v) is 6.08. The van der Waals surface area contributed by atoms with Gasteiger partial charge in [0.2, 0.25) is 0 Å². The van der Waals surface area contributed by atoms with Gasteiger partial charge in [-0.1, -0.05) is 42.5 Å². The van der Waals surface area contributed by atoms with Gasteiger partial charge in [-0.3, -0.25) is 0 Å². The topological polar surface area (TPSA) is 27.0 Å². The molecule has 0 unspecified atom stereocenters. The zero-order chi connectivity index (χ0) is 16.1. The van der Waals surface area contributed by atoms with Crippen LogP contribution in [0.3, 0.4) is 0 Å². The van der Waals surface area contributed by atoms with Gasteiger partial charge in [0, 0.05) is 19.5 Å². The number of piperidine rings is 1. The minimum atomic E-state index is -0.152. The van der Waals surface area contributed by atoms with Crippen molar-refractivity contribution < 1.29 is 4.39 Å². The third-order valence-corrected chi connectivity index (χ3v) is 4.67. The molecular formula is C20H21FN2. The maximum atomic E-state index is 14.6. The molecule has 3 rings (SSSR count). The van der Waals surface area contributed by atoms with Crippen molar-refractivity contribution in [2.75, 3.05) is 18.0 Å². The van der Waals surface area contributed by atoms with Gasteiger partial charge in [0.05, 0.1) is 11.8 Å². The first-order valence-electron chi connectivity index (χ1n) is 8.24. The first-order valence-corrected chi connectivity index (χ1v) is 8.24. The fraction of sp³-hybridized carbons (Fsp3) is 0.350. The molecule has 0 spiro atoms. The van der Waals surface area contributed by atoms with E-state index in [1.807, 2.05) is 18.2 Å². The van der Waals surface area contributed by atoms with Crippen molar-refractivity contribution in [1.29, 1.82) is 5.26 Å². The Hall–Kier alpha value is -2.34. The molecule has 0 atom stereocenters. The average Bonchev–Trinajstić information content (AvgIpc) is 2.62. The Bertz CT molecular complexity index is 683. The molecule has 0 bridgehead atoms. The zero-order valence-electron chi connectivity index (χ0n) is 13.2. The lowest BCUT2D eigenvalue weighted by Crippen LogP contribution is -2.33. The number of halogens is 1. The van der Waals surface area contributed by atoms with Gasteiger partial charge < -0.3 is 4.90 Å². The molecule has 0 N–H and O–H groups in total. The van der Waals surface area contributed by atoms with Crippen LogP contribution in [-0.4, -0.2) is 13.1 Å². The quantitative estimate of drug-likeness (QED) is 0.821. The van der Waals surface area contributed by atoms with Crippen molar-refractivity contribution in [2.45, 2.75) is 31.6 Å². The van der Waals surface area contributed by atoms with Crippen LogP contribution < -0.4 is 4.90 Å². The Morgan fingerprint density at radius 1 is 1.04 bits per heavy atom. The number of anilines is 1. The summed E-state index contributed by atoms with van der Waals surface area (Å²) in [6, 6.07) is 18.2. The Balaban J connectivity index is 1.69. The van der Waals surface area contributed by atoms with Crippen molar-refractivity contribution in [3.8, 4) is 6.07 Å². The Morgan fingerprint density at radius 3 is 2.48 bits per heavy atom. The summed E-state index contributed by atoms with van der Waals surface area (Å²) in [6.07, 6.45) is 2.94. The van der Waals surface area contributed by atoms with E-state index in [9.17, 15) is 4.39 Å². The number of rotatable bonds is 4. The molecule has 2 aromatic rings. The van der Waals surface area contributed by atoms with Crippen LogP contribution in [0.2, 0.25) is 0 Å². The van der Waals surface area contributed by atoms with Crippen LogP contribution in [0.15, 0.2) is 48.5 Å². The highest BCUT2D eigenvalue weighted by atomic mass is 19.1. The van der Waals surface area contributed by atoms with Crippen LogP contribution in [0, 0.1) is 17.1 Å². The monoisotopic (exact) mass is 308 g/mol. The van der Waals surface area contributed by atoms with E-state index in [-0.39, 0.29) is 5.82 Å². The van der Waals surface area contributed by atoms with Crippen molar-refractivity contribution in [2.24, 2.45) is 0 Å². The highest BCUT2D eigenvalue weighted by molar-refractivity contribution is 5.51. The number of aryl methyl sites for hydroxylation is 1. The summed E-state index contributed by atoms with van der Waals surface area (Å²) in [4.78, 5) is 2.14. The van der Waals surface area contributed by atoms with Crippen molar-refractivity contribution in [1.82, 2.24) is 0 Å². The van der Waals surface area contributed by atoms with E-state index in [1.54, 1.807) is 6.07 Å². The van der Waals surface area contributed by atoms with Crippen LogP contribution in [0.5, 0.6) is 0 Å². The fourth-order valence-electron chi connectivity index (χ4n) is 3.37. The first-order chi connectivity index (χ1) is 11.3. The van der Waals surface area contributed by atoms with E-state index >= 15 is 0 Å². The SMILES string of the molecule is N#CCCc1cccc(N2CCC(c3ccccc3)CC2)c1F. The molecule has 1 aliphatic rings. The normalized spacial score (nSPS) is 15.4. The number of nitrogens with zero attached hydrogens (tertiary/aromatic N) is 2. The molecule has 0 saturated carbocycles. The lowest BCUT2D eigenvalue weighted by atomic mass is 9.89. The van der Waals surface area contributed by atoms with Gasteiger partial charge in [0.25, 0.3) is 0 Å². The largest absolute Gasteiger partial charge is 0.369 e. The van der Waals surface area contributed by atoms with Crippen LogP contribution in [0.1, 0.15) is 36.3 Å². The predicted octanol–water partition coefficient (Wildman–Crippen LogP) is 4.67. The molecule has 2 aromatic carbocycles. The molecule has 1 heterocycles. The van der Waals surface area contributed by atoms with Gasteiger partial charge in [0.1, 0.15) is 5.82 Å². The molecule has 0 radical (unpaired) electrons. The second kappa shape index (κ2) is 7.28. The van der Waals surface area contributed by atoms with Crippen LogP contribution in [-0.2, 0) is 6.42 Å². The molecule has 0 aliphatic carbocycles. The highest BCUT2D eigenvalue weighted by Gasteiger charge is 2.23. The maximum absolute atomic E-state index is 14.6. The summed E-state index contributed by atoms with van der Waals surface area (Å²) in [5.41, 5.74) is 2.72. The van der Waals surface area contributed by atoms with Gasteiger partial charge in [-0.15, -0.1) is 0 Å². The second-order valence-electron chi connectivity index (χ2n) is 6.08. The Morgan fingerprint density at radius 2 is 1.78 bits per heavy atom. The van der Waals surface area contributed by atoms with Crippen molar-refractivity contribution in [3.63, 3.8) is 0 Å². The average molecular weight is 308 g/mol. The van der Waals surface area contributed by atoms with Crippen LogP contribution in [0.4, 0.5) is 10.1 Å². The van der Waals surface area contributed by atoms with E-state index in [1.165, 1.54) is 5.56 Å². The van der Waals surface area contributed by atoms with Crippen molar-refractivity contribution in [3.05, 3.63) is 65.5 Å². The smallest absolute Gasteiger partial charge is 0.149 e. The summed E-state index contributed by atoms with van der Waals surface area (Å²) in [5, 5.41) is 8.69. The van der Waals surface area contributed by atoms with Gasteiger partial charge in [0.15, 0.2) is 0 Å². The van der Waals surface area contributed by atoms with Gasteiger partial charge in [-0.2, -0.15) is 5.26 Å². The third kappa shape index (κ3) is 3.53. The molecule has 1 saturated heterocycles. The first kappa shape index (κ1) is 15.6. The minimum absolute atomic E-state index is 0.152. The zero-order valence-corrected chi connectivity index (χ0v) is 13.2. The maximum Gasteiger partial charge on any atom is 0.149 e. The molecule has 0 amide bonds. The lowest BCUT2D eigenvalue weighted by Gasteiger charge is -2.34. The third-order valence-electron chi connectivity index (χ3n) is 4.67. The summed E-state index contributed by atoms with van der Waals surface area (Å²) in [6.45, 7) is 1.75. The number of nitriles is 1. The molecule has 2 nitrogen and oxygen atoms in total. The molecule has 3 heteroatoms. The number of hydrogen-bond acceptors (Lipinski definition) is 2. The van der Waals surface area contributed by atoms with E-state index in [4.69, 9.17) is 5.26 Å². The van der Waals surface area contributed by atoms with Crippen LogP contribution >= 0.6 is 0 Å². The summed E-state index contributed by atoms with van der Waals surface area (Å²) >= 11 is 0. The van der Waals surface area contributed by atoms with Gasteiger partial charge in [-0.05, 0) is 42.4 Å². The van der Waals surface area contributed by atoms with Crippen molar-refractivity contribution >= 4 is 5.69 Å². The Kier molecular flexibility index (Phi) is 4.92. The molecule has 23 heavy (non-hydrogen) atoms. The molecule has 1 fully saturated rings. The molecule has 1 aliphatic heterocycles. The Labute approximate surface area is 137 Å². The summed E-state index contributed by atoms with van der Waals surface area (Å²) < 4.78 is 14.6. The lowest BCUT2D eigenvalue weighted by molar-refractivity contribution is 0.496. The highest BCUT2D eigenvalue weighted by Crippen LogP contribution is 2.32. The standard InChI is InChI=1S/C20H21FN2/c21-20-18(9-5-13-22)8-4-10-19(20)23-14-11-17(12-15-23)16-6-2-1-3-7-16/h1-4,6-8,10,17H,5,9,11-12,14-15H2. The van der Waals surface area contributed by atoms with Gasteiger partial charge >= 0.3 is 0 Å². The van der Waals surface area contributed by atoms with E-state index in [2.05, 4.69) is 35.2 Å². The number of benzene rings is 2. The van der Waals surface area contributed by atoms with Gasteiger partial charge in [-0.25, -0.2) is 4.39 Å². The fourth-order valence-corrected chi connectivity index (χ4v) is 3.37. The predicted molar refractivity (Wildman–Crippen MR) is 91.0 cm³/mol. The summed E-state index contributed by atoms with van der Waals surface area (Å²) in [5.74, 6) is 0.415. The van der Waals surface area contributed by atoms with E-state index < -0.39 is 0 Å². The molecule has 0 aromatic heterocycles. The van der Waals surface area contributed by atoms with E-state index in [0.717, 1.165) is 25.9 Å². The van der Waals surface area contributed by atoms with Crippen LogP contribution in [0.25, 0.3) is 0 Å². The summed E-state index contributed by atoms with van der Waals surface area (Å²) in [7, 11) is 0. The molecule has 118 valence electrons. The number of hydrogen-bond donors (Lipinski definition) is 0. The minimum Gasteiger partial charge on any atom is -0.369 e.